The average molecular weight is 439 g/mol. The van der Waals surface area contributed by atoms with Gasteiger partial charge in [-0.2, -0.15) is 0 Å². The summed E-state index contributed by atoms with van der Waals surface area (Å²) in [5, 5.41) is 0.672. The van der Waals surface area contributed by atoms with Crippen LogP contribution in [0.15, 0.2) is 60.8 Å². The van der Waals surface area contributed by atoms with E-state index in [9.17, 15) is 4.79 Å². The second-order valence-corrected chi connectivity index (χ2v) is 8.59. The monoisotopic (exact) mass is 438 g/mol. The molecule has 2 N–H and O–H groups in total. The van der Waals surface area contributed by atoms with Crippen LogP contribution in [-0.4, -0.2) is 33.4 Å². The molecule has 1 amide bonds. The van der Waals surface area contributed by atoms with Gasteiger partial charge in [-0.3, -0.25) is 4.79 Å². The van der Waals surface area contributed by atoms with Gasteiger partial charge in [0.2, 0.25) is 5.91 Å². The fraction of sp³-hybridized carbons (Fsp3) is 0.360. The van der Waals surface area contributed by atoms with Gasteiger partial charge in [0.25, 0.3) is 0 Å². The molecule has 0 saturated carbocycles. The number of imidazole rings is 1. The lowest BCUT2D eigenvalue weighted by Crippen LogP contribution is -2.38. The molecule has 1 aromatic heterocycles. The molecule has 0 fully saturated rings. The third kappa shape index (κ3) is 5.75. The van der Waals surface area contributed by atoms with Crippen LogP contribution in [-0.2, 0) is 11.3 Å². The SMILES string of the molecule is CC(=O)N(CCCN)[C@@H](c1nc(-c2cccc(Cl)c2)cn1Cc1ccccc1)C(C)C. The number of carbonyl (C=O) groups excluding carboxylic acids is 1. The third-order valence-electron chi connectivity index (χ3n) is 5.36. The molecule has 5 nitrogen and oxygen atoms in total. The summed E-state index contributed by atoms with van der Waals surface area (Å²) in [6, 6.07) is 17.8. The first-order chi connectivity index (χ1) is 14.9. The molecule has 0 saturated heterocycles. The predicted octanol–water partition coefficient (Wildman–Crippen LogP) is 5.15. The number of nitrogens with two attached hydrogens (primary N) is 1. The van der Waals surface area contributed by atoms with Crippen LogP contribution < -0.4 is 5.73 Å². The number of carbonyl (C=O) groups is 1. The lowest BCUT2D eigenvalue weighted by atomic mass is 10.0. The smallest absolute Gasteiger partial charge is 0.220 e. The summed E-state index contributed by atoms with van der Waals surface area (Å²) >= 11 is 6.23. The summed E-state index contributed by atoms with van der Waals surface area (Å²) in [6.45, 7) is 7.71. The van der Waals surface area contributed by atoms with Gasteiger partial charge in [-0.1, -0.05) is 67.9 Å². The van der Waals surface area contributed by atoms with Crippen LogP contribution in [0, 0.1) is 5.92 Å². The van der Waals surface area contributed by atoms with Crippen molar-refractivity contribution in [2.45, 2.75) is 39.8 Å². The zero-order chi connectivity index (χ0) is 22.4. The second-order valence-electron chi connectivity index (χ2n) is 8.15. The maximum atomic E-state index is 12.6. The number of rotatable bonds is 9. The van der Waals surface area contributed by atoms with E-state index in [0.29, 0.717) is 24.7 Å². The summed E-state index contributed by atoms with van der Waals surface area (Å²) in [5.74, 6) is 1.09. The first-order valence-corrected chi connectivity index (χ1v) is 11.1. The van der Waals surface area contributed by atoms with Gasteiger partial charge in [0.05, 0.1) is 11.7 Å². The number of hydrogen-bond acceptors (Lipinski definition) is 3. The van der Waals surface area contributed by atoms with Gasteiger partial charge in [-0.15, -0.1) is 0 Å². The van der Waals surface area contributed by atoms with Crippen LogP contribution in [0.2, 0.25) is 5.02 Å². The molecular weight excluding hydrogens is 408 g/mol. The van der Waals surface area contributed by atoms with Gasteiger partial charge in [-0.25, -0.2) is 4.98 Å². The Morgan fingerprint density at radius 2 is 1.90 bits per heavy atom. The Hall–Kier alpha value is -2.63. The Bertz CT molecular complexity index is 1000. The number of nitrogens with zero attached hydrogens (tertiary/aromatic N) is 3. The molecule has 1 heterocycles. The van der Waals surface area contributed by atoms with Crippen LogP contribution in [0.5, 0.6) is 0 Å². The Labute approximate surface area is 189 Å². The van der Waals surface area contributed by atoms with Gasteiger partial charge < -0.3 is 15.2 Å². The Kier molecular flexibility index (Phi) is 7.88. The van der Waals surface area contributed by atoms with Crippen LogP contribution in [0.3, 0.4) is 0 Å². The van der Waals surface area contributed by atoms with Crippen LogP contribution in [0.25, 0.3) is 11.3 Å². The summed E-state index contributed by atoms with van der Waals surface area (Å²) in [4.78, 5) is 19.5. The molecule has 0 bridgehead atoms. The fourth-order valence-electron chi connectivity index (χ4n) is 3.91. The molecular formula is C25H31ClN4O. The van der Waals surface area contributed by atoms with Crippen molar-refractivity contribution in [3.05, 3.63) is 77.2 Å². The number of halogens is 1. The topological polar surface area (TPSA) is 64.2 Å². The van der Waals surface area contributed by atoms with Crippen molar-refractivity contribution in [1.82, 2.24) is 14.5 Å². The van der Waals surface area contributed by atoms with E-state index in [1.807, 2.05) is 47.4 Å². The number of hydrogen-bond donors (Lipinski definition) is 1. The molecule has 0 aliphatic carbocycles. The molecule has 3 rings (SSSR count). The first kappa shape index (κ1) is 23.0. The van der Waals surface area contributed by atoms with E-state index in [-0.39, 0.29) is 17.9 Å². The van der Waals surface area contributed by atoms with Crippen molar-refractivity contribution in [3.63, 3.8) is 0 Å². The van der Waals surface area contributed by atoms with Gasteiger partial charge in [-0.05, 0) is 36.6 Å². The number of benzene rings is 2. The van der Waals surface area contributed by atoms with Crippen molar-refractivity contribution in [3.8, 4) is 11.3 Å². The lowest BCUT2D eigenvalue weighted by Gasteiger charge is -2.33. The fourth-order valence-corrected chi connectivity index (χ4v) is 4.10. The van der Waals surface area contributed by atoms with Gasteiger partial charge in [0.15, 0.2) is 0 Å². The molecule has 2 aromatic carbocycles. The van der Waals surface area contributed by atoms with E-state index in [1.54, 1.807) is 6.92 Å². The molecule has 3 aromatic rings. The molecule has 1 atom stereocenters. The minimum atomic E-state index is -0.152. The minimum absolute atomic E-state index is 0.0331. The summed E-state index contributed by atoms with van der Waals surface area (Å²) in [6.07, 6.45) is 2.81. The third-order valence-corrected chi connectivity index (χ3v) is 5.60. The number of amides is 1. The highest BCUT2D eigenvalue weighted by atomic mass is 35.5. The van der Waals surface area contributed by atoms with E-state index < -0.39 is 0 Å². The quantitative estimate of drug-likeness (QED) is 0.502. The van der Waals surface area contributed by atoms with Crippen molar-refractivity contribution in [1.29, 1.82) is 0 Å². The van der Waals surface area contributed by atoms with Crippen molar-refractivity contribution >= 4 is 17.5 Å². The van der Waals surface area contributed by atoms with E-state index in [0.717, 1.165) is 23.5 Å². The highest BCUT2D eigenvalue weighted by molar-refractivity contribution is 6.30. The van der Waals surface area contributed by atoms with E-state index in [4.69, 9.17) is 22.3 Å². The maximum absolute atomic E-state index is 12.6. The molecule has 0 radical (unpaired) electrons. The van der Waals surface area contributed by atoms with E-state index in [2.05, 4.69) is 36.7 Å². The Balaban J connectivity index is 2.10. The maximum Gasteiger partial charge on any atom is 0.220 e. The molecule has 0 aliphatic heterocycles. The van der Waals surface area contributed by atoms with E-state index in [1.165, 1.54) is 5.56 Å². The van der Waals surface area contributed by atoms with Crippen LogP contribution >= 0.6 is 11.6 Å². The number of aromatic nitrogens is 2. The van der Waals surface area contributed by atoms with Crippen LogP contribution in [0.4, 0.5) is 0 Å². The summed E-state index contributed by atoms with van der Waals surface area (Å²) in [7, 11) is 0. The Morgan fingerprint density at radius 3 is 2.52 bits per heavy atom. The first-order valence-electron chi connectivity index (χ1n) is 10.7. The highest BCUT2D eigenvalue weighted by Gasteiger charge is 2.30. The van der Waals surface area contributed by atoms with Crippen molar-refractivity contribution < 1.29 is 4.79 Å². The normalized spacial score (nSPS) is 12.2. The predicted molar refractivity (Wildman–Crippen MR) is 127 cm³/mol. The van der Waals surface area contributed by atoms with Gasteiger partial charge in [0, 0.05) is 36.8 Å². The second kappa shape index (κ2) is 10.6. The minimum Gasteiger partial charge on any atom is -0.332 e. The standard InChI is InChI=1S/C25H31ClN4O/c1-18(2)24(30(19(3)31)14-8-13-27)25-28-23(21-11-7-12-22(26)15-21)17-29(25)16-20-9-5-4-6-10-20/h4-7,9-12,15,17-18,24H,8,13-14,16,27H2,1-3H3/t24-/m1/s1. The Morgan fingerprint density at radius 1 is 1.16 bits per heavy atom. The van der Waals surface area contributed by atoms with Crippen molar-refractivity contribution in [2.75, 3.05) is 13.1 Å². The lowest BCUT2D eigenvalue weighted by molar-refractivity contribution is -0.132. The highest BCUT2D eigenvalue weighted by Crippen LogP contribution is 2.32. The molecule has 0 aliphatic rings. The molecule has 164 valence electrons. The average Bonchev–Trinajstić information content (AvgIpc) is 3.14. The van der Waals surface area contributed by atoms with Gasteiger partial charge in [0.1, 0.15) is 5.82 Å². The zero-order valence-corrected chi connectivity index (χ0v) is 19.2. The largest absolute Gasteiger partial charge is 0.332 e. The molecule has 0 unspecified atom stereocenters. The molecule has 31 heavy (non-hydrogen) atoms. The molecule has 0 spiro atoms. The van der Waals surface area contributed by atoms with E-state index >= 15 is 0 Å². The zero-order valence-electron chi connectivity index (χ0n) is 18.5. The molecule has 6 heteroatoms. The van der Waals surface area contributed by atoms with Crippen molar-refractivity contribution in [2.24, 2.45) is 11.7 Å². The summed E-state index contributed by atoms with van der Waals surface area (Å²) < 4.78 is 2.16. The van der Waals surface area contributed by atoms with Gasteiger partial charge >= 0.3 is 0 Å². The summed E-state index contributed by atoms with van der Waals surface area (Å²) in [5.41, 5.74) is 8.73. The van der Waals surface area contributed by atoms with Crippen LogP contribution in [0.1, 0.15) is 44.6 Å².